The van der Waals surface area contributed by atoms with E-state index in [2.05, 4.69) is 10.4 Å². The molecule has 1 unspecified atom stereocenters. The Labute approximate surface area is 222 Å². The highest BCUT2D eigenvalue weighted by molar-refractivity contribution is 5.87. The quantitative estimate of drug-likeness (QED) is 0.553. The zero-order chi connectivity index (χ0) is 27.0. The van der Waals surface area contributed by atoms with Crippen molar-refractivity contribution in [3.05, 3.63) is 42.0 Å². The number of rotatable bonds is 6. The number of hydrogen-bond donors (Lipinski definition) is 2. The van der Waals surface area contributed by atoms with Crippen molar-refractivity contribution in [2.24, 2.45) is 11.7 Å². The minimum atomic E-state index is -0.793. The summed E-state index contributed by atoms with van der Waals surface area (Å²) in [7, 11) is 0. The van der Waals surface area contributed by atoms with Crippen LogP contribution in [0.25, 0.3) is 11.1 Å². The molecule has 10 heteroatoms. The Morgan fingerprint density at radius 2 is 1.95 bits per heavy atom. The third-order valence-corrected chi connectivity index (χ3v) is 7.78. The number of nitrogens with two attached hydrogens (primary N) is 1. The van der Waals surface area contributed by atoms with E-state index < -0.39 is 23.9 Å². The van der Waals surface area contributed by atoms with Crippen LogP contribution in [0, 0.1) is 11.7 Å². The minimum Gasteiger partial charge on any atom is -0.444 e. The van der Waals surface area contributed by atoms with Gasteiger partial charge in [-0.25, -0.2) is 9.18 Å². The molecule has 3 N–H and O–H groups in total. The van der Waals surface area contributed by atoms with E-state index in [4.69, 9.17) is 15.2 Å². The number of amides is 2. The Hall–Kier alpha value is -2.98. The number of likely N-dealkylation sites (tertiary alicyclic amines) is 1. The number of piperidine rings is 1. The van der Waals surface area contributed by atoms with Crippen molar-refractivity contribution in [1.82, 2.24) is 20.0 Å². The second-order valence-corrected chi connectivity index (χ2v) is 11.7. The van der Waals surface area contributed by atoms with Crippen molar-refractivity contribution in [3.63, 3.8) is 0 Å². The van der Waals surface area contributed by atoms with Gasteiger partial charge in [-0.05, 0) is 76.0 Å². The lowest BCUT2D eigenvalue weighted by atomic mass is 9.97. The fourth-order valence-corrected chi connectivity index (χ4v) is 5.99. The highest BCUT2D eigenvalue weighted by atomic mass is 19.1. The van der Waals surface area contributed by atoms with Crippen LogP contribution in [0.15, 0.2) is 30.6 Å². The van der Waals surface area contributed by atoms with E-state index in [0.717, 1.165) is 56.4 Å². The molecule has 1 aromatic carbocycles. The van der Waals surface area contributed by atoms with Gasteiger partial charge in [0.15, 0.2) is 0 Å². The summed E-state index contributed by atoms with van der Waals surface area (Å²) in [6, 6.07) is 4.71. The first kappa shape index (κ1) is 26.6. The van der Waals surface area contributed by atoms with Crippen LogP contribution in [0.3, 0.4) is 0 Å². The normalized spacial score (nSPS) is 24.4. The summed E-state index contributed by atoms with van der Waals surface area (Å²) in [5.41, 5.74) is 7.58. The summed E-state index contributed by atoms with van der Waals surface area (Å²) in [5.74, 6) is -0.618. The summed E-state index contributed by atoms with van der Waals surface area (Å²) in [5, 5.41) is 7.29. The predicted molar refractivity (Wildman–Crippen MR) is 140 cm³/mol. The van der Waals surface area contributed by atoms with Gasteiger partial charge in [-0.1, -0.05) is 12.1 Å². The van der Waals surface area contributed by atoms with Crippen LogP contribution < -0.4 is 11.1 Å². The molecule has 2 amide bonds. The molecule has 2 aliphatic heterocycles. The van der Waals surface area contributed by atoms with E-state index in [1.54, 1.807) is 17.2 Å². The monoisotopic (exact) mass is 527 g/mol. The fraction of sp³-hybridized carbons (Fsp3) is 0.607. The van der Waals surface area contributed by atoms with Gasteiger partial charge in [0.2, 0.25) is 5.91 Å². The average molecular weight is 528 g/mol. The van der Waals surface area contributed by atoms with Crippen LogP contribution in [-0.4, -0.2) is 63.7 Å². The van der Waals surface area contributed by atoms with Crippen molar-refractivity contribution in [3.8, 4) is 11.1 Å². The summed E-state index contributed by atoms with van der Waals surface area (Å²) in [6.07, 6.45) is 6.93. The number of nitrogens with one attached hydrogen (secondary N) is 1. The maximum absolute atomic E-state index is 15.1. The van der Waals surface area contributed by atoms with Crippen molar-refractivity contribution >= 4 is 12.0 Å². The zero-order valence-corrected chi connectivity index (χ0v) is 22.4. The third kappa shape index (κ3) is 5.71. The largest absolute Gasteiger partial charge is 0.444 e. The van der Waals surface area contributed by atoms with Crippen LogP contribution in [0.1, 0.15) is 64.5 Å². The number of aromatic nitrogens is 2. The maximum Gasteiger partial charge on any atom is 0.411 e. The fourth-order valence-electron chi connectivity index (χ4n) is 5.99. The molecule has 2 aromatic rings. The van der Waals surface area contributed by atoms with Crippen molar-refractivity contribution < 1.29 is 23.5 Å². The molecule has 206 valence electrons. The molecular formula is C28H38FN5O4. The van der Waals surface area contributed by atoms with Gasteiger partial charge in [0.1, 0.15) is 17.5 Å². The van der Waals surface area contributed by atoms with E-state index in [-0.39, 0.29) is 30.1 Å². The standard InChI is InChI=1S/C28H38FN5O4/c1-28(2,3)38-27(36)34-22-7-6-19(12-22)25(34)26(35)32-24(30)14-18-5-4-17(13-23(18)29)20-15-31-33(16-20)21-8-10-37-11-9-21/h4-5,13,15-16,19,21-22,24-25H,6-12,14,30H2,1-3H3,(H,32,35)/t19-,22+,24?,25-/m0/s1. The number of carbonyl (C=O) groups excluding carboxylic acids is 2. The van der Waals surface area contributed by atoms with E-state index in [0.29, 0.717) is 11.6 Å². The van der Waals surface area contributed by atoms with Gasteiger partial charge in [-0.15, -0.1) is 0 Å². The van der Waals surface area contributed by atoms with Gasteiger partial charge in [-0.2, -0.15) is 5.10 Å². The van der Waals surface area contributed by atoms with Crippen LogP contribution in [0.4, 0.5) is 9.18 Å². The van der Waals surface area contributed by atoms with Crippen molar-refractivity contribution in [2.45, 2.75) is 89.2 Å². The van der Waals surface area contributed by atoms with Crippen molar-refractivity contribution in [1.29, 1.82) is 0 Å². The summed E-state index contributed by atoms with van der Waals surface area (Å²) in [4.78, 5) is 27.7. The Bertz CT molecular complexity index is 1170. The molecule has 0 spiro atoms. The molecular weight excluding hydrogens is 489 g/mol. The molecule has 1 aliphatic carbocycles. The number of nitrogens with zero attached hydrogens (tertiary/aromatic N) is 3. The molecule has 2 saturated heterocycles. The minimum absolute atomic E-state index is 0.00242. The summed E-state index contributed by atoms with van der Waals surface area (Å²) in [6.45, 7) is 6.87. The zero-order valence-electron chi connectivity index (χ0n) is 22.4. The Kier molecular flexibility index (Phi) is 7.46. The van der Waals surface area contributed by atoms with Crippen molar-refractivity contribution in [2.75, 3.05) is 13.2 Å². The Morgan fingerprint density at radius 1 is 1.18 bits per heavy atom. The molecule has 3 heterocycles. The maximum atomic E-state index is 15.1. The number of hydrogen-bond acceptors (Lipinski definition) is 6. The van der Waals surface area contributed by atoms with Gasteiger partial charge in [-0.3, -0.25) is 14.4 Å². The molecule has 3 fully saturated rings. The van der Waals surface area contributed by atoms with E-state index in [1.165, 1.54) is 6.07 Å². The highest BCUT2D eigenvalue weighted by Crippen LogP contribution is 2.43. The molecule has 1 aromatic heterocycles. The molecule has 2 bridgehead atoms. The van der Waals surface area contributed by atoms with E-state index in [9.17, 15) is 9.59 Å². The lowest BCUT2D eigenvalue weighted by Crippen LogP contribution is -2.57. The second-order valence-electron chi connectivity index (χ2n) is 11.7. The number of ether oxygens (including phenoxy) is 2. The van der Waals surface area contributed by atoms with Crippen LogP contribution >= 0.6 is 0 Å². The van der Waals surface area contributed by atoms with Gasteiger partial charge >= 0.3 is 6.09 Å². The lowest BCUT2D eigenvalue weighted by Gasteiger charge is -2.36. The lowest BCUT2D eigenvalue weighted by molar-refractivity contribution is -0.128. The third-order valence-electron chi connectivity index (χ3n) is 7.78. The topological polar surface area (TPSA) is 112 Å². The molecule has 4 atom stereocenters. The SMILES string of the molecule is CC(C)(C)OC(=O)N1[C@@H]2CC[C@@H](C2)[C@H]1C(=O)NC(N)Cc1ccc(-c2cnn(C3CCOCC3)c2)cc1F. The van der Waals surface area contributed by atoms with E-state index >= 15 is 4.39 Å². The Balaban J connectivity index is 1.21. The van der Waals surface area contributed by atoms with Gasteiger partial charge in [0, 0.05) is 37.4 Å². The molecule has 9 nitrogen and oxygen atoms in total. The number of benzene rings is 1. The first-order chi connectivity index (χ1) is 18.1. The number of halogens is 1. The molecule has 3 aliphatic rings. The van der Waals surface area contributed by atoms with E-state index in [1.807, 2.05) is 37.7 Å². The smallest absolute Gasteiger partial charge is 0.411 e. The van der Waals surface area contributed by atoms with Gasteiger partial charge < -0.3 is 20.5 Å². The Morgan fingerprint density at radius 3 is 2.66 bits per heavy atom. The summed E-state index contributed by atoms with van der Waals surface area (Å²) < 4.78 is 28.0. The predicted octanol–water partition coefficient (Wildman–Crippen LogP) is 3.77. The highest BCUT2D eigenvalue weighted by Gasteiger charge is 2.52. The van der Waals surface area contributed by atoms with Gasteiger partial charge in [0.25, 0.3) is 0 Å². The first-order valence-corrected chi connectivity index (χ1v) is 13.6. The van der Waals surface area contributed by atoms with Crippen LogP contribution in [0.5, 0.6) is 0 Å². The average Bonchev–Trinajstić information content (AvgIpc) is 3.61. The molecule has 5 rings (SSSR count). The molecule has 1 saturated carbocycles. The van der Waals surface area contributed by atoms with Crippen LogP contribution in [-0.2, 0) is 20.7 Å². The first-order valence-electron chi connectivity index (χ1n) is 13.6. The number of fused-ring (bicyclic) bond motifs is 2. The second kappa shape index (κ2) is 10.6. The molecule has 0 radical (unpaired) electrons. The van der Waals surface area contributed by atoms with Crippen LogP contribution in [0.2, 0.25) is 0 Å². The van der Waals surface area contributed by atoms with Gasteiger partial charge in [0.05, 0.1) is 18.4 Å². The summed E-state index contributed by atoms with van der Waals surface area (Å²) >= 11 is 0. The molecule has 38 heavy (non-hydrogen) atoms. The number of carbonyl (C=O) groups is 2.